The lowest BCUT2D eigenvalue weighted by Gasteiger charge is -2.10. The van der Waals surface area contributed by atoms with Crippen LogP contribution in [0.5, 0.6) is 0 Å². The van der Waals surface area contributed by atoms with Gasteiger partial charge in [-0.05, 0) is 90.9 Å². The van der Waals surface area contributed by atoms with Gasteiger partial charge in [-0.2, -0.15) is 0 Å². The van der Waals surface area contributed by atoms with E-state index in [-0.39, 0.29) is 0 Å². The monoisotopic (exact) mass is 578 g/mol. The first-order valence-electron chi connectivity index (χ1n) is 13.5. The van der Waals surface area contributed by atoms with Crippen molar-refractivity contribution in [1.82, 2.24) is 9.13 Å². The number of benzene rings is 5. The Bertz CT molecular complexity index is 2140. The second-order valence-corrected chi connectivity index (χ2v) is 10.9. The van der Waals surface area contributed by atoms with E-state index in [4.69, 9.17) is 0 Å². The van der Waals surface area contributed by atoms with Crippen molar-refractivity contribution in [1.29, 1.82) is 0 Å². The predicted octanol–water partition coefficient (Wildman–Crippen LogP) is 10.9. The minimum absolute atomic E-state index is 1.07. The van der Waals surface area contributed by atoms with Crippen molar-refractivity contribution in [2.45, 2.75) is 6.92 Å². The highest BCUT2D eigenvalue weighted by Crippen LogP contribution is 2.38. The van der Waals surface area contributed by atoms with Crippen LogP contribution in [0.4, 0.5) is 0 Å². The molecule has 3 heteroatoms. The second kappa shape index (κ2) is 9.86. The van der Waals surface area contributed by atoms with Gasteiger partial charge in [-0.15, -0.1) is 0 Å². The van der Waals surface area contributed by atoms with Gasteiger partial charge in [-0.3, -0.25) is 0 Å². The van der Waals surface area contributed by atoms with Crippen molar-refractivity contribution in [3.05, 3.63) is 145 Å². The molecule has 0 unspecified atom stereocenters. The van der Waals surface area contributed by atoms with Gasteiger partial charge >= 0.3 is 0 Å². The molecule has 2 nitrogen and oxygen atoms in total. The molecule has 192 valence electrons. The Morgan fingerprint density at radius 3 is 1.98 bits per heavy atom. The number of fused-ring (bicyclic) bond motifs is 6. The second-order valence-electron chi connectivity index (χ2n) is 9.98. The van der Waals surface area contributed by atoms with Crippen molar-refractivity contribution >= 4 is 65.2 Å². The molecule has 0 spiro atoms. The van der Waals surface area contributed by atoms with Crippen LogP contribution in [0.25, 0.3) is 66.1 Å². The predicted molar refractivity (Wildman–Crippen MR) is 176 cm³/mol. The lowest BCUT2D eigenvalue weighted by atomic mass is 10.0. The maximum absolute atomic E-state index is 3.96. The van der Waals surface area contributed by atoms with Crippen molar-refractivity contribution in [3.63, 3.8) is 0 Å². The Labute approximate surface area is 241 Å². The first-order valence-corrected chi connectivity index (χ1v) is 14.3. The first-order chi connectivity index (χ1) is 19.7. The highest BCUT2D eigenvalue weighted by Gasteiger charge is 2.16. The molecule has 0 radical (unpaired) electrons. The summed E-state index contributed by atoms with van der Waals surface area (Å²) in [6, 6.07) is 39.5. The summed E-state index contributed by atoms with van der Waals surface area (Å²) in [6.45, 7) is 6.00. The summed E-state index contributed by atoms with van der Waals surface area (Å²) in [7, 11) is 0. The van der Waals surface area contributed by atoms with Gasteiger partial charge < -0.3 is 9.13 Å². The third-order valence-corrected chi connectivity index (χ3v) is 8.12. The lowest BCUT2D eigenvalue weighted by Crippen LogP contribution is -1.94. The van der Waals surface area contributed by atoms with E-state index in [0.717, 1.165) is 10.2 Å². The van der Waals surface area contributed by atoms with Crippen LogP contribution in [0.15, 0.2) is 145 Å². The van der Waals surface area contributed by atoms with Crippen LogP contribution in [0, 0.1) is 0 Å². The van der Waals surface area contributed by atoms with Gasteiger partial charge in [-0.1, -0.05) is 83.2 Å². The number of allylic oxidation sites excluding steroid dienone is 5. The molecule has 7 rings (SSSR count). The number of para-hydroxylation sites is 2. The fourth-order valence-corrected chi connectivity index (χ4v) is 6.32. The molecule has 0 amide bonds. The topological polar surface area (TPSA) is 9.86 Å². The zero-order valence-corrected chi connectivity index (χ0v) is 23.8. The third-order valence-electron chi connectivity index (χ3n) is 7.63. The van der Waals surface area contributed by atoms with Gasteiger partial charge in [0.25, 0.3) is 0 Å². The smallest absolute Gasteiger partial charge is 0.0541 e. The van der Waals surface area contributed by atoms with Crippen molar-refractivity contribution in [2.75, 3.05) is 0 Å². The highest BCUT2D eigenvalue weighted by molar-refractivity contribution is 9.10. The van der Waals surface area contributed by atoms with Crippen LogP contribution < -0.4 is 0 Å². The van der Waals surface area contributed by atoms with Crippen LogP contribution in [0.2, 0.25) is 0 Å². The quantitative estimate of drug-likeness (QED) is 0.180. The minimum Gasteiger partial charge on any atom is -0.309 e. The third kappa shape index (κ3) is 3.85. The number of hydrogen-bond donors (Lipinski definition) is 0. The Kier molecular flexibility index (Phi) is 6.02. The van der Waals surface area contributed by atoms with E-state index in [9.17, 15) is 0 Å². The van der Waals surface area contributed by atoms with E-state index in [0.29, 0.717) is 0 Å². The number of hydrogen-bond acceptors (Lipinski definition) is 0. The Balaban J connectivity index is 1.47. The van der Waals surface area contributed by atoms with Gasteiger partial charge in [0.1, 0.15) is 0 Å². The Morgan fingerprint density at radius 1 is 0.650 bits per heavy atom. The van der Waals surface area contributed by atoms with Crippen LogP contribution in [-0.4, -0.2) is 9.13 Å². The summed E-state index contributed by atoms with van der Waals surface area (Å²) in [5.74, 6) is 0. The number of rotatable bonds is 5. The summed E-state index contributed by atoms with van der Waals surface area (Å²) in [4.78, 5) is 0. The number of halogens is 1. The molecular weight excluding hydrogens is 552 g/mol. The maximum Gasteiger partial charge on any atom is 0.0541 e. The fourth-order valence-electron chi connectivity index (χ4n) is 5.96. The van der Waals surface area contributed by atoms with Gasteiger partial charge in [-0.25, -0.2) is 0 Å². The SMILES string of the molecule is C=C/C=C(\C=C/C)n1c2ccc(Br)cc2c2cc(-c3ccc4c(c3)c3ccccc3n4-c3ccccc3)ccc21. The Hall–Kier alpha value is -4.60. The molecule has 0 aliphatic rings. The molecule has 2 aromatic heterocycles. The molecule has 0 saturated carbocycles. The van der Waals surface area contributed by atoms with Gasteiger partial charge in [0.05, 0.1) is 22.1 Å². The standard InChI is InChI=1S/C37H27BrN2/c1-3-10-28(11-4-2)39-36-20-17-26(23-32(36)33-24-27(38)18-21-37(33)39)25-16-19-35-31(22-25)30-14-8-9-15-34(30)40(35)29-12-6-5-7-13-29/h3-24H,1H2,2H3/b11-4-,28-10+. The van der Waals surface area contributed by atoms with E-state index < -0.39 is 0 Å². The Morgan fingerprint density at radius 2 is 1.25 bits per heavy atom. The summed E-state index contributed by atoms with van der Waals surface area (Å²) in [5.41, 5.74) is 9.43. The summed E-state index contributed by atoms with van der Waals surface area (Å²) in [5, 5.41) is 4.95. The average Bonchev–Trinajstić information content (AvgIpc) is 3.49. The first kappa shape index (κ1) is 24.4. The van der Waals surface area contributed by atoms with Crippen molar-refractivity contribution in [2.24, 2.45) is 0 Å². The fraction of sp³-hybridized carbons (Fsp3) is 0.0270. The van der Waals surface area contributed by atoms with E-state index in [1.54, 1.807) is 0 Å². The van der Waals surface area contributed by atoms with E-state index >= 15 is 0 Å². The zero-order chi connectivity index (χ0) is 27.2. The molecule has 0 N–H and O–H groups in total. The summed E-state index contributed by atoms with van der Waals surface area (Å²) < 4.78 is 5.75. The highest BCUT2D eigenvalue weighted by atomic mass is 79.9. The normalized spacial score (nSPS) is 12.4. The van der Waals surface area contributed by atoms with Crippen molar-refractivity contribution in [3.8, 4) is 16.8 Å². The van der Waals surface area contributed by atoms with Gasteiger partial charge in [0.2, 0.25) is 0 Å². The molecule has 0 atom stereocenters. The number of nitrogens with zero attached hydrogens (tertiary/aromatic N) is 2. The summed E-state index contributed by atoms with van der Waals surface area (Å²) >= 11 is 3.70. The van der Waals surface area contributed by atoms with Crippen LogP contribution >= 0.6 is 15.9 Å². The molecular formula is C37H27BrN2. The van der Waals surface area contributed by atoms with E-state index in [1.807, 2.05) is 13.0 Å². The molecule has 0 saturated heterocycles. The molecule has 0 aliphatic heterocycles. The average molecular weight is 580 g/mol. The van der Waals surface area contributed by atoms with Gasteiger partial charge in [0.15, 0.2) is 0 Å². The van der Waals surface area contributed by atoms with Gasteiger partial charge in [0, 0.05) is 37.4 Å². The summed E-state index contributed by atoms with van der Waals surface area (Å²) in [6.07, 6.45) is 8.11. The minimum atomic E-state index is 1.07. The van der Waals surface area contributed by atoms with Crippen LogP contribution in [-0.2, 0) is 0 Å². The molecule has 0 aliphatic carbocycles. The number of aromatic nitrogens is 2. The van der Waals surface area contributed by atoms with Crippen LogP contribution in [0.3, 0.4) is 0 Å². The molecule has 0 bridgehead atoms. The molecule has 5 aromatic carbocycles. The van der Waals surface area contributed by atoms with Crippen molar-refractivity contribution < 1.29 is 0 Å². The van der Waals surface area contributed by atoms with E-state index in [1.165, 1.54) is 60.4 Å². The zero-order valence-electron chi connectivity index (χ0n) is 22.2. The maximum atomic E-state index is 3.96. The largest absolute Gasteiger partial charge is 0.309 e. The molecule has 7 aromatic rings. The molecule has 2 heterocycles. The lowest BCUT2D eigenvalue weighted by molar-refractivity contribution is 1.18. The van der Waals surface area contributed by atoms with E-state index in [2.05, 4.69) is 159 Å². The molecule has 40 heavy (non-hydrogen) atoms. The molecule has 0 fully saturated rings. The van der Waals surface area contributed by atoms with Crippen LogP contribution in [0.1, 0.15) is 6.92 Å².